The number of pyridine rings is 1. The molecule has 8 heteroatoms. The highest BCUT2D eigenvalue weighted by atomic mass is 35.5. The summed E-state index contributed by atoms with van der Waals surface area (Å²) in [5.74, 6) is 0.0438. The third kappa shape index (κ3) is 3.54. The highest BCUT2D eigenvalue weighted by molar-refractivity contribution is 6.30. The normalized spacial score (nSPS) is 13.1. The Labute approximate surface area is 159 Å². The van der Waals surface area contributed by atoms with Gasteiger partial charge in [-0.25, -0.2) is 0 Å². The molecule has 0 fully saturated rings. The van der Waals surface area contributed by atoms with Gasteiger partial charge in [0.25, 0.3) is 11.8 Å². The molecule has 0 saturated heterocycles. The summed E-state index contributed by atoms with van der Waals surface area (Å²) >= 11 is 5.86. The average molecular weight is 383 g/mol. The summed E-state index contributed by atoms with van der Waals surface area (Å²) in [5.41, 5.74) is 1.76. The van der Waals surface area contributed by atoms with Crippen molar-refractivity contribution in [2.75, 3.05) is 11.9 Å². The number of benzene rings is 1. The number of nitrogens with one attached hydrogen (secondary N) is 1. The largest absolute Gasteiger partial charge is 0.360 e. The molecule has 3 aromatic rings. The molecule has 0 bridgehead atoms. The van der Waals surface area contributed by atoms with E-state index in [1.165, 1.54) is 0 Å². The van der Waals surface area contributed by atoms with E-state index in [1.807, 2.05) is 0 Å². The molecule has 3 heterocycles. The quantitative estimate of drug-likeness (QED) is 0.751. The summed E-state index contributed by atoms with van der Waals surface area (Å²) in [6.45, 7) is 0.730. The summed E-state index contributed by atoms with van der Waals surface area (Å²) in [7, 11) is 0. The van der Waals surface area contributed by atoms with E-state index in [-0.39, 0.29) is 18.1 Å². The molecule has 1 N–H and O–H groups in total. The Hall–Kier alpha value is -3.19. The Bertz CT molecular complexity index is 986. The van der Waals surface area contributed by atoms with Gasteiger partial charge >= 0.3 is 0 Å². The van der Waals surface area contributed by atoms with Crippen molar-refractivity contribution < 1.29 is 14.1 Å². The van der Waals surface area contributed by atoms with Gasteiger partial charge in [-0.05, 0) is 36.4 Å². The first-order valence-electron chi connectivity index (χ1n) is 8.36. The third-order valence-corrected chi connectivity index (χ3v) is 4.57. The Balaban J connectivity index is 1.53. The molecule has 136 valence electrons. The molecule has 1 aliphatic rings. The first-order chi connectivity index (χ1) is 13.1. The van der Waals surface area contributed by atoms with E-state index < -0.39 is 5.91 Å². The number of hydrogen-bond donors (Lipinski definition) is 1. The zero-order chi connectivity index (χ0) is 18.8. The minimum atomic E-state index is -0.394. The summed E-state index contributed by atoms with van der Waals surface area (Å²) in [6.07, 6.45) is 2.07. The van der Waals surface area contributed by atoms with Gasteiger partial charge in [-0.3, -0.25) is 14.6 Å². The predicted molar refractivity (Wildman–Crippen MR) is 98.6 cm³/mol. The minimum Gasteiger partial charge on any atom is -0.360 e. The lowest BCUT2D eigenvalue weighted by Gasteiger charge is -2.25. The van der Waals surface area contributed by atoms with E-state index in [2.05, 4.69) is 15.5 Å². The summed E-state index contributed by atoms with van der Waals surface area (Å²) in [5, 5.41) is 7.25. The number of aromatic nitrogens is 2. The molecule has 2 amide bonds. The van der Waals surface area contributed by atoms with Crippen LogP contribution in [0.5, 0.6) is 0 Å². The van der Waals surface area contributed by atoms with Crippen molar-refractivity contribution in [2.45, 2.75) is 13.0 Å². The maximum atomic E-state index is 12.6. The third-order valence-electron chi connectivity index (χ3n) is 4.32. The zero-order valence-electron chi connectivity index (χ0n) is 14.2. The number of hydrogen-bond acceptors (Lipinski definition) is 5. The molecule has 1 aromatic carbocycles. The van der Waals surface area contributed by atoms with Crippen LogP contribution < -0.4 is 5.32 Å². The van der Waals surface area contributed by atoms with Crippen LogP contribution in [0.1, 0.15) is 32.3 Å². The summed E-state index contributed by atoms with van der Waals surface area (Å²) < 4.78 is 5.31. The van der Waals surface area contributed by atoms with Gasteiger partial charge in [0.05, 0.1) is 6.54 Å². The summed E-state index contributed by atoms with van der Waals surface area (Å²) in [4.78, 5) is 31.0. The standard InChI is InChI=1S/C19H15ClN4O3/c20-12-4-6-13(7-5-12)22-18(25)17-14-11-24(10-8-16(14)27-23-17)19(26)15-3-1-2-9-21-15/h1-7,9H,8,10-11H2,(H,22,25). The van der Waals surface area contributed by atoms with Crippen molar-refractivity contribution in [1.82, 2.24) is 15.0 Å². The van der Waals surface area contributed by atoms with Crippen molar-refractivity contribution in [1.29, 1.82) is 0 Å². The number of amides is 2. The van der Waals surface area contributed by atoms with E-state index in [9.17, 15) is 9.59 Å². The van der Waals surface area contributed by atoms with Crippen LogP contribution in [0.4, 0.5) is 5.69 Å². The molecule has 4 rings (SSSR count). The van der Waals surface area contributed by atoms with Gasteiger partial charge in [0, 0.05) is 35.4 Å². The Morgan fingerprint density at radius 3 is 2.70 bits per heavy atom. The van der Waals surface area contributed by atoms with E-state index in [1.54, 1.807) is 53.6 Å². The smallest absolute Gasteiger partial charge is 0.278 e. The number of carbonyl (C=O) groups excluding carboxylic acids is 2. The van der Waals surface area contributed by atoms with Gasteiger partial charge in [-0.15, -0.1) is 0 Å². The van der Waals surface area contributed by atoms with Gasteiger partial charge in [0.2, 0.25) is 0 Å². The zero-order valence-corrected chi connectivity index (χ0v) is 14.9. The van der Waals surface area contributed by atoms with E-state index in [0.29, 0.717) is 40.7 Å². The second-order valence-corrected chi connectivity index (χ2v) is 6.52. The molecule has 27 heavy (non-hydrogen) atoms. The first kappa shape index (κ1) is 17.2. The van der Waals surface area contributed by atoms with E-state index in [4.69, 9.17) is 16.1 Å². The fourth-order valence-electron chi connectivity index (χ4n) is 2.94. The molecule has 0 spiro atoms. The van der Waals surface area contributed by atoms with Gasteiger partial charge in [0.1, 0.15) is 11.5 Å². The second-order valence-electron chi connectivity index (χ2n) is 6.09. The fourth-order valence-corrected chi connectivity index (χ4v) is 3.06. The second kappa shape index (κ2) is 7.20. The van der Waals surface area contributed by atoms with Crippen LogP contribution in [0.3, 0.4) is 0 Å². The summed E-state index contributed by atoms with van der Waals surface area (Å²) in [6, 6.07) is 11.9. The Morgan fingerprint density at radius 2 is 1.96 bits per heavy atom. The highest BCUT2D eigenvalue weighted by Gasteiger charge is 2.30. The number of rotatable bonds is 3. The molecule has 0 aliphatic carbocycles. The molecule has 0 atom stereocenters. The average Bonchev–Trinajstić information content (AvgIpc) is 3.13. The lowest BCUT2D eigenvalue weighted by Crippen LogP contribution is -2.36. The van der Waals surface area contributed by atoms with Crippen molar-refractivity contribution >= 4 is 29.1 Å². The fraction of sp³-hybridized carbons (Fsp3) is 0.158. The van der Waals surface area contributed by atoms with Crippen LogP contribution >= 0.6 is 11.6 Å². The lowest BCUT2D eigenvalue weighted by atomic mass is 10.0. The van der Waals surface area contributed by atoms with Crippen LogP contribution in [0.2, 0.25) is 5.02 Å². The molecule has 0 unspecified atom stereocenters. The van der Waals surface area contributed by atoms with Gasteiger partial charge in [-0.1, -0.05) is 22.8 Å². The molecule has 0 saturated carbocycles. The SMILES string of the molecule is O=C(Nc1ccc(Cl)cc1)c1noc2c1CN(C(=O)c1ccccn1)CC2. The van der Waals surface area contributed by atoms with Crippen molar-refractivity contribution in [2.24, 2.45) is 0 Å². The highest BCUT2D eigenvalue weighted by Crippen LogP contribution is 2.24. The van der Waals surface area contributed by atoms with Crippen LogP contribution in [-0.2, 0) is 13.0 Å². The monoisotopic (exact) mass is 382 g/mol. The van der Waals surface area contributed by atoms with Gasteiger partial charge < -0.3 is 14.7 Å². The van der Waals surface area contributed by atoms with Crippen molar-refractivity contribution in [3.63, 3.8) is 0 Å². The van der Waals surface area contributed by atoms with Crippen LogP contribution in [0, 0.1) is 0 Å². The van der Waals surface area contributed by atoms with Gasteiger partial charge in [-0.2, -0.15) is 0 Å². The van der Waals surface area contributed by atoms with Gasteiger partial charge in [0.15, 0.2) is 5.69 Å². The Kier molecular flexibility index (Phi) is 4.60. The maximum Gasteiger partial charge on any atom is 0.278 e. The minimum absolute atomic E-state index is 0.179. The molecule has 7 nitrogen and oxygen atoms in total. The molecular weight excluding hydrogens is 368 g/mol. The van der Waals surface area contributed by atoms with Crippen molar-refractivity contribution in [3.8, 4) is 0 Å². The van der Waals surface area contributed by atoms with Crippen molar-refractivity contribution in [3.05, 3.63) is 76.4 Å². The molecule has 1 aliphatic heterocycles. The van der Waals surface area contributed by atoms with Crippen LogP contribution in [0.15, 0.2) is 53.2 Å². The number of carbonyl (C=O) groups is 2. The number of fused-ring (bicyclic) bond motifs is 1. The maximum absolute atomic E-state index is 12.6. The number of nitrogens with zero attached hydrogens (tertiary/aromatic N) is 3. The number of halogens is 1. The van der Waals surface area contributed by atoms with Crippen LogP contribution in [-0.4, -0.2) is 33.4 Å². The van der Waals surface area contributed by atoms with E-state index >= 15 is 0 Å². The first-order valence-corrected chi connectivity index (χ1v) is 8.74. The Morgan fingerprint density at radius 1 is 1.15 bits per heavy atom. The van der Waals surface area contributed by atoms with E-state index in [0.717, 1.165) is 0 Å². The number of anilines is 1. The lowest BCUT2D eigenvalue weighted by molar-refractivity contribution is 0.0721. The van der Waals surface area contributed by atoms with Crippen LogP contribution in [0.25, 0.3) is 0 Å². The molecular formula is C19H15ClN4O3. The topological polar surface area (TPSA) is 88.3 Å². The molecule has 2 aromatic heterocycles. The predicted octanol–water partition coefficient (Wildman–Crippen LogP) is 3.17. The molecule has 0 radical (unpaired) electrons.